The van der Waals surface area contributed by atoms with Gasteiger partial charge in [-0.25, -0.2) is 4.79 Å². The Labute approximate surface area is 320 Å². The van der Waals surface area contributed by atoms with Crippen LogP contribution in [0.5, 0.6) is 5.75 Å². The first-order chi connectivity index (χ1) is 26.3. The number of alkyl carbamates (subject to hydrolysis) is 1. The molecule has 1 aromatic heterocycles. The number of nitrogens with one attached hydrogen (secondary N) is 3. The Kier molecular flexibility index (Phi) is 16.1. The van der Waals surface area contributed by atoms with Gasteiger partial charge in [0, 0.05) is 12.4 Å². The van der Waals surface area contributed by atoms with Gasteiger partial charge in [0.2, 0.25) is 5.91 Å². The van der Waals surface area contributed by atoms with Crippen molar-refractivity contribution in [2.45, 2.75) is 84.1 Å². The van der Waals surface area contributed by atoms with Gasteiger partial charge in [-0.2, -0.15) is 8.78 Å². The van der Waals surface area contributed by atoms with Gasteiger partial charge in [-0.3, -0.25) is 14.6 Å². The number of halogens is 2. The van der Waals surface area contributed by atoms with Gasteiger partial charge >= 0.3 is 12.0 Å². The summed E-state index contributed by atoms with van der Waals surface area (Å²) in [6.45, 7) is 7.13. The smallest absolute Gasteiger partial charge is 0.408 e. The third-order valence-electron chi connectivity index (χ3n) is 8.86. The summed E-state index contributed by atoms with van der Waals surface area (Å²) in [4.78, 5) is 43.7. The number of amides is 3. The molecule has 0 aliphatic carbocycles. The number of aliphatic hydroxyl groups is 1. The molecule has 3 amide bonds. The van der Waals surface area contributed by atoms with E-state index in [1.54, 1.807) is 101 Å². The molecule has 0 aliphatic rings. The Morgan fingerprint density at radius 1 is 0.709 bits per heavy atom. The Morgan fingerprint density at radius 2 is 1.33 bits per heavy atom. The first-order valence-electron chi connectivity index (χ1n) is 18.2. The summed E-state index contributed by atoms with van der Waals surface area (Å²) in [6, 6.07) is 24.8. The van der Waals surface area contributed by atoms with Gasteiger partial charge in [0.05, 0.1) is 25.3 Å². The Morgan fingerprint density at radius 3 is 1.91 bits per heavy atom. The molecular weight excluding hydrogens is 710 g/mol. The Bertz CT molecular complexity index is 1770. The van der Waals surface area contributed by atoms with Crippen LogP contribution in [0.3, 0.4) is 0 Å². The largest absolute Gasteiger partial charge is 0.489 e. The third-order valence-corrected chi connectivity index (χ3v) is 8.86. The molecule has 0 bridgehead atoms. The van der Waals surface area contributed by atoms with Gasteiger partial charge in [-0.1, -0.05) is 107 Å². The monoisotopic (exact) mass is 760 g/mol. The molecule has 4 aromatic rings. The standard InChI is InChI=1S/C42H50F2N4O7/c1-28(2)36(27-53-24-33-16-11-21-45-23-33)47-40(51)42(43,44)38(49)35(22-30-17-19-34(20-18-30)54-25-31-12-7-5-8-13-31)46-39(50)37(29(3)4)48-41(52)55-26-32-14-9-6-10-15-32/h5-21,23,28-29,35-38,49H,22,24-27H2,1-4H3,(H,46,50)(H,47,51)(H,48,52)/t35?,36-,37-,38?/m0/s1. The molecule has 0 fully saturated rings. The zero-order chi connectivity index (χ0) is 39.8. The Balaban J connectivity index is 1.49. The minimum absolute atomic E-state index is 0.0568. The number of hydrogen-bond donors (Lipinski definition) is 4. The molecule has 4 N–H and O–H groups in total. The van der Waals surface area contributed by atoms with Gasteiger partial charge < -0.3 is 35.3 Å². The van der Waals surface area contributed by atoms with Crippen molar-refractivity contribution >= 4 is 17.9 Å². The number of alkyl halides is 2. The van der Waals surface area contributed by atoms with Crippen molar-refractivity contribution in [1.82, 2.24) is 20.9 Å². The van der Waals surface area contributed by atoms with Crippen molar-refractivity contribution < 1.29 is 42.5 Å². The number of hydrogen-bond acceptors (Lipinski definition) is 8. The maximum Gasteiger partial charge on any atom is 0.408 e. The highest BCUT2D eigenvalue weighted by atomic mass is 19.3. The van der Waals surface area contributed by atoms with Crippen LogP contribution in [0.25, 0.3) is 0 Å². The van der Waals surface area contributed by atoms with E-state index in [1.807, 2.05) is 36.4 Å². The first kappa shape index (κ1) is 42.3. The molecule has 0 aliphatic heterocycles. The quantitative estimate of drug-likeness (QED) is 0.0859. The molecule has 0 radical (unpaired) electrons. The van der Waals surface area contributed by atoms with Crippen LogP contribution in [0.15, 0.2) is 109 Å². The molecule has 0 saturated carbocycles. The van der Waals surface area contributed by atoms with E-state index in [2.05, 4.69) is 20.9 Å². The fraction of sp³-hybridized carbons (Fsp3) is 0.381. The number of rotatable bonds is 20. The molecule has 294 valence electrons. The molecule has 0 saturated heterocycles. The van der Waals surface area contributed by atoms with Gasteiger partial charge in [-0.15, -0.1) is 0 Å². The lowest BCUT2D eigenvalue weighted by Crippen LogP contribution is -2.62. The summed E-state index contributed by atoms with van der Waals surface area (Å²) in [6.07, 6.45) is -0.635. The van der Waals surface area contributed by atoms with E-state index in [-0.39, 0.29) is 32.2 Å². The average Bonchev–Trinajstić information content (AvgIpc) is 3.18. The Hall–Kier alpha value is -5.40. The molecule has 1 heterocycles. The normalized spacial score (nSPS) is 13.7. The number of benzene rings is 3. The second-order valence-corrected chi connectivity index (χ2v) is 13.9. The van der Waals surface area contributed by atoms with Crippen LogP contribution in [0.4, 0.5) is 13.6 Å². The second-order valence-electron chi connectivity index (χ2n) is 13.9. The zero-order valence-corrected chi connectivity index (χ0v) is 31.5. The molecular formula is C42H50F2N4O7. The van der Waals surface area contributed by atoms with Crippen LogP contribution >= 0.6 is 0 Å². The van der Waals surface area contributed by atoms with Crippen molar-refractivity contribution in [3.63, 3.8) is 0 Å². The van der Waals surface area contributed by atoms with E-state index in [4.69, 9.17) is 14.2 Å². The number of aromatic nitrogens is 1. The van der Waals surface area contributed by atoms with Crippen LogP contribution in [-0.2, 0) is 45.3 Å². The summed E-state index contributed by atoms with van der Waals surface area (Å²) >= 11 is 0. The predicted octanol–water partition coefficient (Wildman–Crippen LogP) is 5.99. The number of ether oxygens (including phenoxy) is 3. The molecule has 11 nitrogen and oxygen atoms in total. The van der Waals surface area contributed by atoms with Gasteiger partial charge in [-0.05, 0) is 58.7 Å². The van der Waals surface area contributed by atoms with Crippen molar-refractivity contribution in [2.24, 2.45) is 11.8 Å². The predicted molar refractivity (Wildman–Crippen MR) is 203 cm³/mol. The van der Waals surface area contributed by atoms with Crippen LogP contribution in [0, 0.1) is 11.8 Å². The van der Waals surface area contributed by atoms with Crippen LogP contribution in [0.1, 0.15) is 49.9 Å². The van der Waals surface area contributed by atoms with Crippen molar-refractivity contribution in [2.75, 3.05) is 6.61 Å². The van der Waals surface area contributed by atoms with Crippen molar-refractivity contribution in [3.05, 3.63) is 132 Å². The van der Waals surface area contributed by atoms with Crippen molar-refractivity contribution in [1.29, 1.82) is 0 Å². The van der Waals surface area contributed by atoms with E-state index in [0.717, 1.165) is 16.7 Å². The van der Waals surface area contributed by atoms with Crippen LogP contribution in [-0.4, -0.2) is 64.8 Å². The number of carbonyl (C=O) groups excluding carboxylic acids is 3. The summed E-state index contributed by atoms with van der Waals surface area (Å²) < 4.78 is 48.8. The van der Waals surface area contributed by atoms with Gasteiger partial charge in [0.1, 0.15) is 31.1 Å². The van der Waals surface area contributed by atoms with E-state index in [1.165, 1.54) is 0 Å². The average molecular weight is 761 g/mol. The highest BCUT2D eigenvalue weighted by Crippen LogP contribution is 2.26. The number of pyridine rings is 1. The number of aliphatic hydroxyl groups excluding tert-OH is 1. The minimum Gasteiger partial charge on any atom is -0.489 e. The van der Waals surface area contributed by atoms with E-state index in [0.29, 0.717) is 17.9 Å². The third kappa shape index (κ3) is 13.4. The van der Waals surface area contributed by atoms with E-state index >= 15 is 8.78 Å². The summed E-state index contributed by atoms with van der Waals surface area (Å²) in [5, 5.41) is 18.6. The summed E-state index contributed by atoms with van der Waals surface area (Å²) in [5.74, 6) is -7.23. The minimum atomic E-state index is -4.36. The van der Waals surface area contributed by atoms with Crippen molar-refractivity contribution in [3.8, 4) is 5.75 Å². The van der Waals surface area contributed by atoms with Gasteiger partial charge in [0.25, 0.3) is 5.91 Å². The zero-order valence-electron chi connectivity index (χ0n) is 31.5. The van der Waals surface area contributed by atoms with Gasteiger partial charge in [0.15, 0.2) is 0 Å². The SMILES string of the molecule is CC(C)[C@H](COCc1cccnc1)NC(=O)C(F)(F)C(O)C(Cc1ccc(OCc2ccccc2)cc1)NC(=O)[C@@H](NC(=O)OCc1ccccc1)C(C)C. The molecule has 0 spiro atoms. The fourth-order valence-electron chi connectivity index (χ4n) is 5.50. The molecule has 55 heavy (non-hydrogen) atoms. The lowest BCUT2D eigenvalue weighted by Gasteiger charge is -2.33. The van der Waals surface area contributed by atoms with Crippen LogP contribution in [0.2, 0.25) is 0 Å². The lowest BCUT2D eigenvalue weighted by molar-refractivity contribution is -0.169. The molecule has 4 atom stereocenters. The lowest BCUT2D eigenvalue weighted by atomic mass is 9.94. The van der Waals surface area contributed by atoms with E-state index in [9.17, 15) is 19.5 Å². The second kappa shape index (κ2) is 20.9. The molecule has 4 rings (SSSR count). The summed E-state index contributed by atoms with van der Waals surface area (Å²) in [5.41, 5.74) is 2.91. The fourth-order valence-corrected chi connectivity index (χ4v) is 5.50. The molecule has 3 aromatic carbocycles. The number of nitrogens with zero attached hydrogens (tertiary/aromatic N) is 1. The number of carbonyl (C=O) groups is 3. The van der Waals surface area contributed by atoms with E-state index < -0.39 is 54.0 Å². The highest BCUT2D eigenvalue weighted by molar-refractivity contribution is 5.87. The molecule has 2 unspecified atom stereocenters. The topological polar surface area (TPSA) is 148 Å². The molecule has 13 heteroatoms. The summed E-state index contributed by atoms with van der Waals surface area (Å²) in [7, 11) is 0. The highest BCUT2D eigenvalue weighted by Gasteiger charge is 2.51. The maximum absolute atomic E-state index is 16.0. The maximum atomic E-state index is 16.0. The first-order valence-corrected chi connectivity index (χ1v) is 18.2. The van der Waals surface area contributed by atoms with Crippen LogP contribution < -0.4 is 20.7 Å².